The number of aromatic nitrogens is 4. The summed E-state index contributed by atoms with van der Waals surface area (Å²) in [6.45, 7) is 5.69. The first-order valence-electron chi connectivity index (χ1n) is 16.5. The lowest BCUT2D eigenvalue weighted by molar-refractivity contribution is -0.139. The quantitative estimate of drug-likeness (QED) is 0.171. The SMILES string of the molecule is COc1ccc(C(OCC23CCC(n4cnc5c(=O)[nH]c(NC(=O)C(C)(C)C)nc54)(CC2)O3)(c2ccccc2)c2ccc(OC)cc2)cc1. The van der Waals surface area contributed by atoms with Crippen molar-refractivity contribution in [2.45, 2.75) is 63.4 Å². The molecular formula is C38H41N5O6. The minimum atomic E-state index is -0.984. The lowest BCUT2D eigenvalue weighted by Gasteiger charge is -2.39. The number of carbonyl (C=O) groups is 1. The number of rotatable bonds is 10. The fourth-order valence-electron chi connectivity index (χ4n) is 7.04. The van der Waals surface area contributed by atoms with E-state index in [0.717, 1.165) is 41.0 Å². The molecule has 0 atom stereocenters. The van der Waals surface area contributed by atoms with Gasteiger partial charge in [-0.2, -0.15) is 4.98 Å². The molecule has 0 spiro atoms. The maximum atomic E-state index is 13.0. The molecule has 2 aliphatic heterocycles. The summed E-state index contributed by atoms with van der Waals surface area (Å²) >= 11 is 0. The van der Waals surface area contributed by atoms with Gasteiger partial charge in [0, 0.05) is 5.41 Å². The number of nitrogens with zero attached hydrogens (tertiary/aromatic N) is 3. The van der Waals surface area contributed by atoms with E-state index in [1.54, 1.807) is 41.3 Å². The van der Waals surface area contributed by atoms with Crippen molar-refractivity contribution in [3.05, 3.63) is 112 Å². The van der Waals surface area contributed by atoms with Crippen LogP contribution in [-0.4, -0.2) is 51.9 Å². The fraction of sp³-hybridized carbons (Fsp3) is 0.368. The number of methoxy groups -OCH3 is 2. The van der Waals surface area contributed by atoms with Crippen molar-refractivity contribution in [2.24, 2.45) is 5.41 Å². The zero-order valence-electron chi connectivity index (χ0n) is 28.4. The Balaban J connectivity index is 1.25. The van der Waals surface area contributed by atoms with Crippen molar-refractivity contribution >= 4 is 23.0 Å². The van der Waals surface area contributed by atoms with E-state index in [-0.39, 0.29) is 17.4 Å². The number of hydrogen-bond donors (Lipinski definition) is 2. The van der Waals surface area contributed by atoms with Crippen molar-refractivity contribution < 1.29 is 23.7 Å². The molecule has 2 saturated heterocycles. The van der Waals surface area contributed by atoms with E-state index in [4.69, 9.17) is 18.9 Å². The molecule has 7 rings (SSSR count). The normalized spacial score (nSPS) is 20.4. The van der Waals surface area contributed by atoms with Crippen LogP contribution in [0.2, 0.25) is 0 Å². The molecular weight excluding hydrogens is 622 g/mol. The molecule has 0 radical (unpaired) electrons. The molecule has 2 aromatic heterocycles. The molecule has 11 nitrogen and oxygen atoms in total. The molecule has 5 aromatic rings. The number of fused-ring (bicyclic) bond motifs is 3. The third-order valence-electron chi connectivity index (χ3n) is 9.83. The van der Waals surface area contributed by atoms with E-state index >= 15 is 0 Å². The van der Waals surface area contributed by atoms with Gasteiger partial charge in [-0.25, -0.2) is 4.98 Å². The number of H-pyrrole nitrogens is 1. The Kier molecular flexibility index (Phi) is 8.07. The van der Waals surface area contributed by atoms with E-state index in [1.165, 1.54) is 0 Å². The smallest absolute Gasteiger partial charge is 0.280 e. The number of ether oxygens (including phenoxy) is 4. The van der Waals surface area contributed by atoms with E-state index < -0.39 is 27.9 Å². The van der Waals surface area contributed by atoms with Crippen molar-refractivity contribution in [2.75, 3.05) is 26.1 Å². The molecule has 1 amide bonds. The number of benzene rings is 3. The van der Waals surface area contributed by atoms with E-state index in [2.05, 4.69) is 32.4 Å². The van der Waals surface area contributed by atoms with Crippen LogP contribution in [0.4, 0.5) is 5.95 Å². The van der Waals surface area contributed by atoms with Crippen LogP contribution in [0.5, 0.6) is 11.5 Å². The number of aromatic amines is 1. The minimum absolute atomic E-state index is 0.0767. The molecule has 0 unspecified atom stereocenters. The van der Waals surface area contributed by atoms with E-state index in [9.17, 15) is 9.59 Å². The zero-order valence-corrected chi connectivity index (χ0v) is 28.4. The molecule has 254 valence electrons. The third-order valence-corrected chi connectivity index (χ3v) is 9.83. The fourth-order valence-corrected chi connectivity index (χ4v) is 7.04. The molecule has 0 saturated carbocycles. The lowest BCUT2D eigenvalue weighted by Crippen LogP contribution is -2.40. The molecule has 2 bridgehead atoms. The van der Waals surface area contributed by atoms with Crippen LogP contribution in [-0.2, 0) is 25.6 Å². The van der Waals surface area contributed by atoms with Crippen LogP contribution in [0.25, 0.3) is 11.2 Å². The van der Waals surface area contributed by atoms with Gasteiger partial charge in [-0.1, -0.05) is 75.4 Å². The lowest BCUT2D eigenvalue weighted by atomic mass is 9.79. The average molecular weight is 664 g/mol. The van der Waals surface area contributed by atoms with Crippen LogP contribution in [0.15, 0.2) is 90.0 Å². The van der Waals surface area contributed by atoms with E-state index in [1.807, 2.05) is 71.3 Å². The van der Waals surface area contributed by atoms with Gasteiger partial charge in [-0.3, -0.25) is 24.5 Å². The Morgan fingerprint density at radius 1 is 0.878 bits per heavy atom. The first-order chi connectivity index (χ1) is 23.5. The highest BCUT2D eigenvalue weighted by Crippen LogP contribution is 2.55. The summed E-state index contributed by atoms with van der Waals surface area (Å²) in [5, 5.41) is 2.75. The topological polar surface area (TPSA) is 130 Å². The summed E-state index contributed by atoms with van der Waals surface area (Å²) in [6.07, 6.45) is 4.46. The van der Waals surface area contributed by atoms with Crippen LogP contribution < -0.4 is 20.3 Å². The van der Waals surface area contributed by atoms with Crippen LogP contribution in [0.1, 0.15) is 63.1 Å². The Bertz CT molecular complexity index is 1970. The molecule has 49 heavy (non-hydrogen) atoms. The van der Waals surface area contributed by atoms with Crippen molar-refractivity contribution in [1.82, 2.24) is 19.5 Å². The molecule has 2 N–H and O–H groups in total. The van der Waals surface area contributed by atoms with Gasteiger partial charge in [0.1, 0.15) is 22.8 Å². The van der Waals surface area contributed by atoms with Gasteiger partial charge in [0.2, 0.25) is 11.9 Å². The number of imidazole rings is 1. The van der Waals surface area contributed by atoms with Crippen molar-refractivity contribution in [3.63, 3.8) is 0 Å². The number of carbonyl (C=O) groups excluding carboxylic acids is 1. The molecule has 2 aliphatic rings. The van der Waals surface area contributed by atoms with Gasteiger partial charge < -0.3 is 18.9 Å². The predicted octanol–water partition coefficient (Wildman–Crippen LogP) is 6.13. The molecule has 4 heterocycles. The molecule has 0 aliphatic carbocycles. The molecule has 2 fully saturated rings. The molecule has 11 heteroatoms. The average Bonchev–Trinajstić information content (AvgIpc) is 3.82. The predicted molar refractivity (Wildman–Crippen MR) is 185 cm³/mol. The Morgan fingerprint density at radius 3 is 2.00 bits per heavy atom. The third kappa shape index (κ3) is 5.66. The largest absolute Gasteiger partial charge is 0.497 e. The van der Waals surface area contributed by atoms with Gasteiger partial charge in [-0.15, -0.1) is 0 Å². The van der Waals surface area contributed by atoms with Crippen LogP contribution in [0.3, 0.4) is 0 Å². The highest BCUT2D eigenvalue weighted by Gasteiger charge is 2.58. The minimum Gasteiger partial charge on any atom is -0.497 e. The number of nitrogens with one attached hydrogen (secondary N) is 2. The first-order valence-corrected chi connectivity index (χ1v) is 16.5. The standard InChI is InChI=1S/C38H41N5O6/c1-35(2,3)33(45)42-34-40-31-30(32(44)41-34)39-24-43(31)37-21-19-36(49-37,20-22-37)23-48-38(25-9-7-6-8-10-25,26-11-15-28(46-4)16-12-26)27-13-17-29(47-5)18-14-27/h6-18,24H,19-23H2,1-5H3,(H2,40,41,42,44,45). The second-order valence-corrected chi connectivity index (χ2v) is 13.9. The number of anilines is 1. The Morgan fingerprint density at radius 2 is 1.45 bits per heavy atom. The number of amides is 1. The van der Waals surface area contributed by atoms with Gasteiger partial charge in [0.05, 0.1) is 32.8 Å². The maximum absolute atomic E-state index is 13.0. The Labute approximate surface area is 284 Å². The molecule has 3 aromatic carbocycles. The van der Waals surface area contributed by atoms with Gasteiger partial charge in [0.25, 0.3) is 5.56 Å². The summed E-state index contributed by atoms with van der Waals surface area (Å²) < 4.78 is 27.1. The number of hydrogen-bond acceptors (Lipinski definition) is 8. The summed E-state index contributed by atoms with van der Waals surface area (Å²) in [6, 6.07) is 26.1. The van der Waals surface area contributed by atoms with Gasteiger partial charge in [0.15, 0.2) is 11.2 Å². The summed E-state index contributed by atoms with van der Waals surface area (Å²) in [7, 11) is 3.31. The maximum Gasteiger partial charge on any atom is 0.280 e. The highest BCUT2D eigenvalue weighted by atomic mass is 16.6. The Hall–Kier alpha value is -5.00. The highest BCUT2D eigenvalue weighted by molar-refractivity contribution is 5.93. The summed E-state index contributed by atoms with van der Waals surface area (Å²) in [5.41, 5.74) is -0.0360. The second-order valence-electron chi connectivity index (χ2n) is 13.9. The van der Waals surface area contributed by atoms with Crippen LogP contribution >= 0.6 is 0 Å². The van der Waals surface area contributed by atoms with Gasteiger partial charge in [-0.05, 0) is 66.6 Å². The summed E-state index contributed by atoms with van der Waals surface area (Å²) in [5.74, 6) is 1.32. The van der Waals surface area contributed by atoms with E-state index in [0.29, 0.717) is 25.1 Å². The monoisotopic (exact) mass is 663 g/mol. The second kappa shape index (κ2) is 12.2. The van der Waals surface area contributed by atoms with Crippen molar-refractivity contribution in [3.8, 4) is 11.5 Å². The first kappa shape index (κ1) is 32.5. The van der Waals surface area contributed by atoms with Gasteiger partial charge >= 0.3 is 0 Å². The zero-order chi connectivity index (χ0) is 34.4. The summed E-state index contributed by atoms with van der Waals surface area (Å²) in [4.78, 5) is 37.4. The van der Waals surface area contributed by atoms with Crippen LogP contribution in [0, 0.1) is 5.41 Å². The van der Waals surface area contributed by atoms with Crippen molar-refractivity contribution in [1.29, 1.82) is 0 Å².